The molecule has 0 unspecified atom stereocenters. The summed E-state index contributed by atoms with van der Waals surface area (Å²) in [5.74, 6) is 0.487. The monoisotopic (exact) mass is 242 g/mol. The van der Waals surface area contributed by atoms with E-state index in [1.807, 2.05) is 24.3 Å². The molecule has 2 aromatic rings. The highest BCUT2D eigenvalue weighted by atomic mass is 16.5. The number of nitriles is 1. The van der Waals surface area contributed by atoms with Crippen molar-refractivity contribution in [3.8, 4) is 11.9 Å². The zero-order valence-electron chi connectivity index (χ0n) is 10.2. The van der Waals surface area contributed by atoms with Crippen LogP contribution < -0.4 is 4.74 Å². The van der Waals surface area contributed by atoms with Crippen molar-refractivity contribution in [2.45, 2.75) is 6.42 Å². The second kappa shape index (κ2) is 5.99. The van der Waals surface area contributed by atoms with Gasteiger partial charge in [-0.2, -0.15) is 5.26 Å². The lowest BCUT2D eigenvalue weighted by molar-refractivity contribution is 0.170. The summed E-state index contributed by atoms with van der Waals surface area (Å²) in [4.78, 5) is 4.37. The van der Waals surface area contributed by atoms with Crippen LogP contribution in [0.2, 0.25) is 0 Å². The van der Waals surface area contributed by atoms with Crippen molar-refractivity contribution in [3.05, 3.63) is 35.9 Å². The van der Waals surface area contributed by atoms with Gasteiger partial charge in [-0.15, -0.1) is 0 Å². The van der Waals surface area contributed by atoms with Crippen molar-refractivity contribution in [3.63, 3.8) is 0 Å². The molecule has 0 spiro atoms. The molecule has 18 heavy (non-hydrogen) atoms. The van der Waals surface area contributed by atoms with Crippen molar-refractivity contribution in [1.82, 2.24) is 4.98 Å². The molecule has 0 atom stereocenters. The van der Waals surface area contributed by atoms with E-state index < -0.39 is 0 Å². The maximum Gasteiger partial charge on any atom is 0.215 e. The smallest absolute Gasteiger partial charge is 0.215 e. The first-order valence-corrected chi connectivity index (χ1v) is 5.77. The van der Waals surface area contributed by atoms with Crippen LogP contribution in [0.15, 0.2) is 30.3 Å². The Morgan fingerprint density at radius 3 is 2.89 bits per heavy atom. The van der Waals surface area contributed by atoms with Gasteiger partial charge in [0, 0.05) is 31.6 Å². The van der Waals surface area contributed by atoms with Gasteiger partial charge in [0.25, 0.3) is 0 Å². The summed E-state index contributed by atoms with van der Waals surface area (Å²) in [6.45, 7) is 1.18. The molecular weight excluding hydrogens is 228 g/mol. The predicted molar refractivity (Wildman–Crippen MR) is 68.4 cm³/mol. The van der Waals surface area contributed by atoms with Crippen LogP contribution in [0.1, 0.15) is 12.0 Å². The summed E-state index contributed by atoms with van der Waals surface area (Å²) in [7, 11) is 1.65. The highest BCUT2D eigenvalue weighted by molar-refractivity contribution is 5.85. The molecule has 1 aromatic heterocycles. The Morgan fingerprint density at radius 2 is 2.11 bits per heavy atom. The van der Waals surface area contributed by atoms with Gasteiger partial charge in [-0.3, -0.25) is 0 Å². The number of nitrogens with zero attached hydrogens (tertiary/aromatic N) is 2. The molecule has 0 radical (unpaired) electrons. The second-order valence-electron chi connectivity index (χ2n) is 3.83. The summed E-state index contributed by atoms with van der Waals surface area (Å²) >= 11 is 0. The van der Waals surface area contributed by atoms with E-state index in [1.165, 1.54) is 0 Å². The summed E-state index contributed by atoms with van der Waals surface area (Å²) in [6, 6.07) is 11.4. The van der Waals surface area contributed by atoms with E-state index in [0.29, 0.717) is 24.7 Å². The Bertz CT molecular complexity index is 576. The third-order valence-electron chi connectivity index (χ3n) is 2.56. The number of rotatable bonds is 5. The molecule has 0 amide bonds. The van der Waals surface area contributed by atoms with E-state index in [2.05, 4.69) is 11.1 Å². The summed E-state index contributed by atoms with van der Waals surface area (Å²) < 4.78 is 10.5. The van der Waals surface area contributed by atoms with E-state index >= 15 is 0 Å². The lowest BCUT2D eigenvalue weighted by atomic mass is 10.1. The molecular formula is C14H14N2O2. The van der Waals surface area contributed by atoms with E-state index in [-0.39, 0.29) is 0 Å². The largest absolute Gasteiger partial charge is 0.478 e. The maximum atomic E-state index is 9.12. The standard InChI is InChI=1S/C14H14N2O2/c1-17-7-4-8-18-14-9-11(10-15)12-5-2-3-6-13(12)16-14/h2-3,5-6,9H,4,7-8H2,1H3. The number of hydrogen-bond donors (Lipinski definition) is 0. The number of ether oxygens (including phenoxy) is 2. The number of methoxy groups -OCH3 is 1. The van der Waals surface area contributed by atoms with Gasteiger partial charge in [0.1, 0.15) is 6.07 Å². The average Bonchev–Trinajstić information content (AvgIpc) is 2.42. The number of pyridine rings is 1. The number of aromatic nitrogens is 1. The van der Waals surface area contributed by atoms with E-state index in [1.54, 1.807) is 13.2 Å². The molecule has 0 fully saturated rings. The van der Waals surface area contributed by atoms with E-state index in [0.717, 1.165) is 17.3 Å². The first kappa shape index (κ1) is 12.3. The molecule has 2 rings (SSSR count). The highest BCUT2D eigenvalue weighted by Crippen LogP contribution is 2.21. The zero-order chi connectivity index (χ0) is 12.8. The Hall–Kier alpha value is -2.12. The Balaban J connectivity index is 2.22. The van der Waals surface area contributed by atoms with Crippen molar-refractivity contribution in [1.29, 1.82) is 5.26 Å². The van der Waals surface area contributed by atoms with Crippen LogP contribution in [-0.4, -0.2) is 25.3 Å². The molecule has 0 saturated carbocycles. The van der Waals surface area contributed by atoms with Gasteiger partial charge in [0.15, 0.2) is 0 Å². The zero-order valence-corrected chi connectivity index (χ0v) is 10.2. The fourth-order valence-corrected chi connectivity index (χ4v) is 1.70. The van der Waals surface area contributed by atoms with Crippen molar-refractivity contribution >= 4 is 10.9 Å². The molecule has 0 aliphatic rings. The van der Waals surface area contributed by atoms with Gasteiger partial charge in [-0.1, -0.05) is 18.2 Å². The van der Waals surface area contributed by atoms with Crippen LogP contribution in [0.3, 0.4) is 0 Å². The maximum absolute atomic E-state index is 9.12. The molecule has 0 aliphatic carbocycles. The van der Waals surface area contributed by atoms with E-state index in [9.17, 15) is 0 Å². The first-order chi connectivity index (χ1) is 8.85. The molecule has 1 heterocycles. The molecule has 0 bridgehead atoms. The van der Waals surface area contributed by atoms with Crippen LogP contribution in [0.25, 0.3) is 10.9 Å². The topological polar surface area (TPSA) is 55.1 Å². The van der Waals surface area contributed by atoms with Gasteiger partial charge >= 0.3 is 0 Å². The predicted octanol–water partition coefficient (Wildman–Crippen LogP) is 2.52. The normalized spacial score (nSPS) is 10.2. The van der Waals surface area contributed by atoms with Crippen molar-refractivity contribution < 1.29 is 9.47 Å². The molecule has 4 nitrogen and oxygen atoms in total. The minimum absolute atomic E-state index is 0.487. The highest BCUT2D eigenvalue weighted by Gasteiger charge is 2.05. The van der Waals surface area contributed by atoms with Gasteiger partial charge in [0.2, 0.25) is 5.88 Å². The fraction of sp³-hybridized carbons (Fsp3) is 0.286. The summed E-state index contributed by atoms with van der Waals surface area (Å²) in [5.41, 5.74) is 1.36. The van der Waals surface area contributed by atoms with E-state index in [4.69, 9.17) is 14.7 Å². The Kier molecular flexibility index (Phi) is 4.11. The minimum atomic E-state index is 0.487. The first-order valence-electron chi connectivity index (χ1n) is 5.77. The van der Waals surface area contributed by atoms with Crippen LogP contribution in [0.4, 0.5) is 0 Å². The number of fused-ring (bicyclic) bond motifs is 1. The number of benzene rings is 1. The Morgan fingerprint density at radius 1 is 1.28 bits per heavy atom. The molecule has 4 heteroatoms. The fourth-order valence-electron chi connectivity index (χ4n) is 1.70. The SMILES string of the molecule is COCCCOc1cc(C#N)c2ccccc2n1. The molecule has 0 aliphatic heterocycles. The summed E-state index contributed by atoms with van der Waals surface area (Å²) in [6.07, 6.45) is 0.799. The van der Waals surface area contributed by atoms with Gasteiger partial charge in [-0.25, -0.2) is 4.98 Å². The Labute approximate surface area is 106 Å². The molecule has 0 saturated heterocycles. The van der Waals surface area contributed by atoms with Crippen LogP contribution in [-0.2, 0) is 4.74 Å². The molecule has 92 valence electrons. The van der Waals surface area contributed by atoms with Crippen LogP contribution in [0.5, 0.6) is 5.88 Å². The lowest BCUT2D eigenvalue weighted by Crippen LogP contribution is -2.03. The van der Waals surface area contributed by atoms with Crippen LogP contribution >= 0.6 is 0 Å². The minimum Gasteiger partial charge on any atom is -0.478 e. The van der Waals surface area contributed by atoms with Crippen molar-refractivity contribution in [2.24, 2.45) is 0 Å². The third kappa shape index (κ3) is 2.76. The quantitative estimate of drug-likeness (QED) is 0.756. The van der Waals surface area contributed by atoms with Gasteiger partial charge in [0.05, 0.1) is 17.7 Å². The lowest BCUT2D eigenvalue weighted by Gasteiger charge is -2.07. The second-order valence-corrected chi connectivity index (χ2v) is 3.83. The van der Waals surface area contributed by atoms with Gasteiger partial charge in [-0.05, 0) is 6.07 Å². The molecule has 0 N–H and O–H groups in total. The molecule has 1 aromatic carbocycles. The number of para-hydroxylation sites is 1. The summed E-state index contributed by atoms with van der Waals surface area (Å²) in [5, 5.41) is 9.97. The van der Waals surface area contributed by atoms with Crippen LogP contribution in [0, 0.1) is 11.3 Å². The van der Waals surface area contributed by atoms with Gasteiger partial charge < -0.3 is 9.47 Å². The average molecular weight is 242 g/mol. The number of hydrogen-bond acceptors (Lipinski definition) is 4. The third-order valence-corrected chi connectivity index (χ3v) is 2.56. The van der Waals surface area contributed by atoms with Crippen molar-refractivity contribution in [2.75, 3.05) is 20.3 Å².